The Balaban J connectivity index is 1.72. The van der Waals surface area contributed by atoms with Crippen LogP contribution in [0, 0.1) is 12.7 Å². The molecule has 2 atom stereocenters. The fraction of sp³-hybridized carbons (Fsp3) is 0.312. The van der Waals surface area contributed by atoms with Crippen molar-refractivity contribution in [2.45, 2.75) is 25.4 Å². The van der Waals surface area contributed by atoms with Crippen molar-refractivity contribution in [3.05, 3.63) is 49.3 Å². The Hall–Kier alpha value is -0.640. The lowest BCUT2D eigenvalue weighted by Crippen LogP contribution is -2.45. The summed E-state index contributed by atoms with van der Waals surface area (Å²) in [7, 11) is 1.87. The van der Waals surface area contributed by atoms with Crippen LogP contribution in [0.2, 0.25) is 5.02 Å². The molecule has 1 aromatic carbocycles. The van der Waals surface area contributed by atoms with Crippen molar-refractivity contribution in [2.24, 2.45) is 0 Å². The second-order valence-corrected chi connectivity index (χ2v) is 9.27. The molecule has 2 unspecified atom stereocenters. The monoisotopic (exact) mass is 463 g/mol. The first-order chi connectivity index (χ1) is 11.8. The largest absolute Gasteiger partial charge is 0.325 e. The smallest absolute Gasteiger partial charge is 0.242 e. The molecule has 0 saturated carbocycles. The number of amides is 1. The van der Waals surface area contributed by atoms with Gasteiger partial charge in [0.05, 0.1) is 11.1 Å². The molecule has 1 amide bonds. The number of carbonyl (C=O) groups excluding carboxylic acids is 1. The number of likely N-dealkylation sites (N-methyl/N-ethyl adjacent to an activating group) is 1. The number of hydrogen-bond acceptors (Lipinski definition) is 5. The topological polar surface area (TPSA) is 44.4 Å². The summed E-state index contributed by atoms with van der Waals surface area (Å²) in [5.41, 5.74) is 0.486. The second-order valence-electron chi connectivity index (χ2n) is 5.73. The second kappa shape index (κ2) is 7.94. The van der Waals surface area contributed by atoms with E-state index in [1.54, 1.807) is 11.3 Å². The van der Waals surface area contributed by atoms with Crippen LogP contribution < -0.4 is 10.0 Å². The summed E-state index contributed by atoms with van der Waals surface area (Å²) in [4.78, 5) is 15.1. The summed E-state index contributed by atoms with van der Waals surface area (Å²) in [6.07, 6.45) is 0.636. The normalized spacial score (nSPS) is 21.3. The standard InChI is InChI=1S/C16H16BrClFN3OS2/c1-8-10(17)6-15(24-8)13-7-14(22(2)25-21-13)16(23)20-9-3-4-12(19)11(18)5-9/h3-6,13-14,21H,7H2,1-2H3,(H,20,23). The molecule has 2 heterocycles. The van der Waals surface area contributed by atoms with E-state index in [1.807, 2.05) is 11.4 Å². The van der Waals surface area contributed by atoms with E-state index in [0.29, 0.717) is 12.1 Å². The lowest BCUT2D eigenvalue weighted by Gasteiger charge is -2.35. The van der Waals surface area contributed by atoms with Crippen LogP contribution in [0.25, 0.3) is 0 Å². The predicted molar refractivity (Wildman–Crippen MR) is 106 cm³/mol. The van der Waals surface area contributed by atoms with Crippen LogP contribution in [0.1, 0.15) is 22.2 Å². The Morgan fingerprint density at radius 1 is 1.48 bits per heavy atom. The fourth-order valence-electron chi connectivity index (χ4n) is 2.53. The molecule has 0 bridgehead atoms. The van der Waals surface area contributed by atoms with E-state index < -0.39 is 5.82 Å². The van der Waals surface area contributed by atoms with Crippen LogP contribution in [-0.2, 0) is 4.79 Å². The number of carbonyl (C=O) groups is 1. The predicted octanol–water partition coefficient (Wildman–Crippen LogP) is 5.15. The number of aryl methyl sites for hydroxylation is 1. The molecule has 1 aliphatic rings. The average molecular weight is 465 g/mol. The average Bonchev–Trinajstić information content (AvgIpc) is 2.90. The lowest BCUT2D eigenvalue weighted by molar-refractivity contribution is -0.119. The summed E-state index contributed by atoms with van der Waals surface area (Å²) >= 11 is 12.4. The van der Waals surface area contributed by atoms with Gasteiger partial charge in [0.2, 0.25) is 5.91 Å². The van der Waals surface area contributed by atoms with Crippen LogP contribution >= 0.6 is 51.0 Å². The van der Waals surface area contributed by atoms with Crippen molar-refractivity contribution in [3.8, 4) is 0 Å². The van der Waals surface area contributed by atoms with E-state index in [2.05, 4.69) is 39.0 Å². The molecule has 9 heteroatoms. The van der Waals surface area contributed by atoms with Gasteiger partial charge in [0.1, 0.15) is 11.9 Å². The van der Waals surface area contributed by atoms with Gasteiger partial charge in [-0.25, -0.2) is 13.4 Å². The summed E-state index contributed by atoms with van der Waals surface area (Å²) in [5.74, 6) is -0.649. The van der Waals surface area contributed by atoms with Crippen molar-refractivity contribution in [1.82, 2.24) is 9.03 Å². The first-order valence-electron chi connectivity index (χ1n) is 7.52. The van der Waals surface area contributed by atoms with Crippen LogP contribution in [0.15, 0.2) is 28.7 Å². The minimum atomic E-state index is -0.507. The van der Waals surface area contributed by atoms with Crippen molar-refractivity contribution in [2.75, 3.05) is 12.4 Å². The number of rotatable bonds is 3. The van der Waals surface area contributed by atoms with Gasteiger partial charge in [0.25, 0.3) is 0 Å². The van der Waals surface area contributed by atoms with E-state index in [0.717, 1.165) is 4.47 Å². The maximum Gasteiger partial charge on any atom is 0.242 e. The zero-order valence-electron chi connectivity index (χ0n) is 13.5. The molecule has 134 valence electrons. The molecule has 1 aliphatic heterocycles. The SMILES string of the molecule is Cc1sc(C2CC(C(=O)Nc3ccc(F)c(Cl)c3)N(C)SN2)cc1Br. The highest BCUT2D eigenvalue weighted by Gasteiger charge is 2.33. The Morgan fingerprint density at radius 3 is 2.88 bits per heavy atom. The third kappa shape index (κ3) is 4.37. The molecular formula is C16H16BrClFN3OS2. The first-order valence-corrected chi connectivity index (χ1v) is 10.3. The summed E-state index contributed by atoms with van der Waals surface area (Å²) in [6.45, 7) is 2.06. The van der Waals surface area contributed by atoms with Gasteiger partial charge in [-0.3, -0.25) is 4.79 Å². The highest BCUT2D eigenvalue weighted by molar-refractivity contribution is 9.10. The fourth-order valence-corrected chi connectivity index (χ4v) is 5.24. The number of benzene rings is 1. The Labute approximate surface area is 167 Å². The Kier molecular flexibility index (Phi) is 6.07. The van der Waals surface area contributed by atoms with Gasteiger partial charge in [-0.2, -0.15) is 0 Å². The van der Waals surface area contributed by atoms with Gasteiger partial charge in [0.15, 0.2) is 0 Å². The first kappa shape index (κ1) is 19.1. The van der Waals surface area contributed by atoms with Gasteiger partial charge in [-0.15, -0.1) is 11.3 Å². The van der Waals surface area contributed by atoms with E-state index in [1.165, 1.54) is 40.1 Å². The van der Waals surface area contributed by atoms with E-state index in [-0.39, 0.29) is 23.0 Å². The minimum absolute atomic E-state index is 0.0115. The Morgan fingerprint density at radius 2 is 2.24 bits per heavy atom. The molecule has 3 rings (SSSR count). The maximum absolute atomic E-state index is 13.3. The quantitative estimate of drug-likeness (QED) is 0.617. The van der Waals surface area contributed by atoms with Crippen molar-refractivity contribution < 1.29 is 9.18 Å². The van der Waals surface area contributed by atoms with Crippen molar-refractivity contribution in [1.29, 1.82) is 0 Å². The highest BCUT2D eigenvalue weighted by Crippen LogP contribution is 2.37. The van der Waals surface area contributed by atoms with Crippen molar-refractivity contribution in [3.63, 3.8) is 0 Å². The number of thiophene rings is 1. The van der Waals surface area contributed by atoms with E-state index in [4.69, 9.17) is 11.6 Å². The molecule has 4 nitrogen and oxygen atoms in total. The third-order valence-electron chi connectivity index (χ3n) is 3.95. The maximum atomic E-state index is 13.3. The molecule has 0 radical (unpaired) electrons. The molecule has 0 aliphatic carbocycles. The van der Waals surface area contributed by atoms with E-state index in [9.17, 15) is 9.18 Å². The third-order valence-corrected chi connectivity index (χ3v) is 7.42. The van der Waals surface area contributed by atoms with Crippen LogP contribution in [0.3, 0.4) is 0 Å². The minimum Gasteiger partial charge on any atom is -0.325 e. The van der Waals surface area contributed by atoms with Crippen LogP contribution in [0.5, 0.6) is 0 Å². The molecule has 1 saturated heterocycles. The van der Waals surface area contributed by atoms with Crippen LogP contribution in [0.4, 0.5) is 10.1 Å². The summed E-state index contributed by atoms with van der Waals surface area (Å²) in [6, 6.07) is 6.03. The molecular weight excluding hydrogens is 449 g/mol. The molecule has 2 N–H and O–H groups in total. The molecule has 1 fully saturated rings. The van der Waals surface area contributed by atoms with Gasteiger partial charge in [-0.05, 0) is 60.6 Å². The molecule has 25 heavy (non-hydrogen) atoms. The van der Waals surface area contributed by atoms with Gasteiger partial charge >= 0.3 is 0 Å². The number of anilines is 1. The zero-order valence-corrected chi connectivity index (χ0v) is 17.5. The molecule has 2 aromatic rings. The Bertz CT molecular complexity index is 784. The van der Waals surface area contributed by atoms with E-state index >= 15 is 0 Å². The zero-order chi connectivity index (χ0) is 18.1. The molecule has 1 aromatic heterocycles. The number of nitrogens with one attached hydrogen (secondary N) is 2. The lowest BCUT2D eigenvalue weighted by atomic mass is 10.1. The van der Waals surface area contributed by atoms with Crippen LogP contribution in [-0.4, -0.2) is 23.3 Å². The van der Waals surface area contributed by atoms with Crippen molar-refractivity contribution >= 4 is 62.6 Å². The number of halogens is 3. The highest BCUT2D eigenvalue weighted by atomic mass is 79.9. The summed E-state index contributed by atoms with van der Waals surface area (Å²) < 4.78 is 19.6. The van der Waals surface area contributed by atoms with Gasteiger partial charge in [0, 0.05) is 32.0 Å². The van der Waals surface area contributed by atoms with Gasteiger partial charge < -0.3 is 5.32 Å². The molecule has 0 spiro atoms. The number of nitrogens with zero attached hydrogens (tertiary/aromatic N) is 1. The summed E-state index contributed by atoms with van der Waals surface area (Å²) in [5, 5.41) is 2.81. The van der Waals surface area contributed by atoms with Gasteiger partial charge in [-0.1, -0.05) is 11.6 Å². The number of hydrogen-bond donors (Lipinski definition) is 2.